The number of para-hydroxylation sites is 1. The van der Waals surface area contributed by atoms with Crippen molar-refractivity contribution in [2.75, 3.05) is 39.3 Å². The monoisotopic (exact) mass is 490 g/mol. The van der Waals surface area contributed by atoms with Crippen molar-refractivity contribution in [3.8, 4) is 5.75 Å². The van der Waals surface area contributed by atoms with Crippen LogP contribution in [0.5, 0.6) is 5.75 Å². The summed E-state index contributed by atoms with van der Waals surface area (Å²) in [5.74, 6) is 0.544. The van der Waals surface area contributed by atoms with Crippen LogP contribution in [0.15, 0.2) is 64.5 Å². The van der Waals surface area contributed by atoms with E-state index < -0.39 is 20.0 Å². The lowest BCUT2D eigenvalue weighted by molar-refractivity contribution is 0.159. The minimum atomic E-state index is -3.73. The SMILES string of the molecule is Cc1cnc2c(S(=O)(=O)N3CCN(CCOc4ccc(S(N)(=O)=O)cc4)CC3)cccc2c1. The van der Waals surface area contributed by atoms with Gasteiger partial charge in [0.2, 0.25) is 20.0 Å². The molecule has 0 atom stereocenters. The molecule has 1 saturated heterocycles. The Balaban J connectivity index is 1.33. The number of sulfonamides is 2. The molecule has 9 nitrogen and oxygen atoms in total. The lowest BCUT2D eigenvalue weighted by Crippen LogP contribution is -2.49. The summed E-state index contributed by atoms with van der Waals surface area (Å²) in [5, 5.41) is 5.90. The zero-order valence-electron chi connectivity index (χ0n) is 18.2. The van der Waals surface area contributed by atoms with Crippen molar-refractivity contribution in [1.29, 1.82) is 0 Å². The van der Waals surface area contributed by atoms with Crippen LogP contribution in [0.2, 0.25) is 0 Å². The summed E-state index contributed by atoms with van der Waals surface area (Å²) in [4.78, 5) is 6.77. The maximum Gasteiger partial charge on any atom is 0.245 e. The van der Waals surface area contributed by atoms with Crippen molar-refractivity contribution in [2.45, 2.75) is 16.7 Å². The molecule has 0 amide bonds. The summed E-state index contributed by atoms with van der Waals surface area (Å²) in [5.41, 5.74) is 1.47. The molecular weight excluding hydrogens is 464 g/mol. The van der Waals surface area contributed by atoms with Gasteiger partial charge in [0.15, 0.2) is 0 Å². The van der Waals surface area contributed by atoms with E-state index in [1.165, 1.54) is 16.4 Å². The first-order chi connectivity index (χ1) is 15.6. The molecule has 3 aromatic rings. The van der Waals surface area contributed by atoms with Crippen molar-refractivity contribution in [3.05, 3.63) is 60.3 Å². The van der Waals surface area contributed by atoms with Gasteiger partial charge in [-0.05, 0) is 48.9 Å². The van der Waals surface area contributed by atoms with Crippen molar-refractivity contribution in [2.24, 2.45) is 5.14 Å². The van der Waals surface area contributed by atoms with Crippen LogP contribution in [-0.2, 0) is 20.0 Å². The highest BCUT2D eigenvalue weighted by molar-refractivity contribution is 7.89. The van der Waals surface area contributed by atoms with Gasteiger partial charge < -0.3 is 4.74 Å². The third kappa shape index (κ3) is 5.33. The molecule has 176 valence electrons. The fourth-order valence-electron chi connectivity index (χ4n) is 3.80. The van der Waals surface area contributed by atoms with E-state index >= 15 is 0 Å². The molecule has 1 aliphatic rings. The van der Waals surface area contributed by atoms with Gasteiger partial charge in [-0.2, -0.15) is 4.31 Å². The number of piperazine rings is 1. The molecule has 11 heteroatoms. The highest BCUT2D eigenvalue weighted by Gasteiger charge is 2.30. The molecule has 4 rings (SSSR count). The molecule has 2 aromatic carbocycles. The molecule has 0 spiro atoms. The van der Waals surface area contributed by atoms with E-state index in [0.29, 0.717) is 50.6 Å². The number of aromatic nitrogens is 1. The Hall–Kier alpha value is -2.57. The van der Waals surface area contributed by atoms with E-state index in [1.807, 2.05) is 19.1 Å². The zero-order valence-corrected chi connectivity index (χ0v) is 19.8. The van der Waals surface area contributed by atoms with Crippen LogP contribution in [0.4, 0.5) is 0 Å². The number of ether oxygens (including phenoxy) is 1. The Morgan fingerprint density at radius 1 is 1.00 bits per heavy atom. The van der Waals surface area contributed by atoms with Crippen LogP contribution >= 0.6 is 0 Å². The van der Waals surface area contributed by atoms with Crippen LogP contribution in [0.1, 0.15) is 5.56 Å². The molecule has 2 N–H and O–H groups in total. The fraction of sp³-hybridized carbons (Fsp3) is 0.318. The Kier molecular flexibility index (Phi) is 6.68. The standard InChI is InChI=1S/C22H26N4O5S2/c1-17-15-18-3-2-4-21(22(18)24-16-17)33(29,30)26-11-9-25(10-12-26)13-14-31-19-5-7-20(8-6-19)32(23,27)28/h2-8,15-16H,9-14H2,1H3,(H2,23,27,28). The number of nitrogens with two attached hydrogens (primary N) is 1. The van der Waals surface area contributed by atoms with E-state index in [-0.39, 0.29) is 9.79 Å². The summed E-state index contributed by atoms with van der Waals surface area (Å²) >= 11 is 0. The summed E-state index contributed by atoms with van der Waals surface area (Å²) in [6.07, 6.45) is 1.68. The minimum Gasteiger partial charge on any atom is -0.492 e. The van der Waals surface area contributed by atoms with Gasteiger partial charge in [0.1, 0.15) is 17.3 Å². The number of aryl methyl sites for hydroxylation is 1. The molecule has 0 saturated carbocycles. The van der Waals surface area contributed by atoms with Gasteiger partial charge in [0.25, 0.3) is 0 Å². The number of pyridine rings is 1. The number of nitrogens with zero attached hydrogens (tertiary/aromatic N) is 3. The topological polar surface area (TPSA) is 123 Å². The van der Waals surface area contributed by atoms with Crippen LogP contribution in [-0.4, -0.2) is 70.4 Å². The quantitative estimate of drug-likeness (QED) is 0.533. The van der Waals surface area contributed by atoms with Crippen molar-refractivity contribution < 1.29 is 21.6 Å². The number of hydrogen-bond acceptors (Lipinski definition) is 7. The average Bonchev–Trinajstić information content (AvgIpc) is 2.78. The number of fused-ring (bicyclic) bond motifs is 1. The van der Waals surface area contributed by atoms with Crippen LogP contribution in [0.25, 0.3) is 10.9 Å². The molecule has 0 radical (unpaired) electrons. The Morgan fingerprint density at radius 3 is 2.36 bits per heavy atom. The summed E-state index contributed by atoms with van der Waals surface area (Å²) in [6.45, 7) is 4.89. The van der Waals surface area contributed by atoms with Crippen LogP contribution < -0.4 is 9.88 Å². The number of rotatable bonds is 7. The van der Waals surface area contributed by atoms with E-state index in [0.717, 1.165) is 10.9 Å². The second kappa shape index (κ2) is 9.35. The Bertz CT molecular complexity index is 1350. The first-order valence-corrected chi connectivity index (χ1v) is 13.5. The zero-order chi connectivity index (χ0) is 23.6. The highest BCUT2D eigenvalue weighted by Crippen LogP contribution is 2.25. The Labute approximate surface area is 193 Å². The smallest absolute Gasteiger partial charge is 0.245 e. The highest BCUT2D eigenvalue weighted by atomic mass is 32.2. The third-order valence-electron chi connectivity index (χ3n) is 5.59. The van der Waals surface area contributed by atoms with Crippen molar-refractivity contribution in [1.82, 2.24) is 14.2 Å². The number of benzene rings is 2. The lowest BCUT2D eigenvalue weighted by Gasteiger charge is -2.33. The second-order valence-corrected chi connectivity index (χ2v) is 11.4. The predicted molar refractivity (Wildman–Crippen MR) is 125 cm³/mol. The van der Waals surface area contributed by atoms with Crippen LogP contribution in [0.3, 0.4) is 0 Å². The molecule has 0 aliphatic carbocycles. The van der Waals surface area contributed by atoms with E-state index in [9.17, 15) is 16.8 Å². The molecule has 1 aromatic heterocycles. The first-order valence-electron chi connectivity index (χ1n) is 10.5. The van der Waals surface area contributed by atoms with Gasteiger partial charge in [-0.25, -0.2) is 22.0 Å². The van der Waals surface area contributed by atoms with Crippen molar-refractivity contribution in [3.63, 3.8) is 0 Å². The molecule has 0 bridgehead atoms. The maximum atomic E-state index is 13.3. The lowest BCUT2D eigenvalue weighted by atomic mass is 10.2. The van der Waals surface area contributed by atoms with Gasteiger partial charge in [0.05, 0.1) is 10.4 Å². The minimum absolute atomic E-state index is 0.0312. The maximum absolute atomic E-state index is 13.3. The average molecular weight is 491 g/mol. The molecule has 1 aliphatic heterocycles. The third-order valence-corrected chi connectivity index (χ3v) is 8.45. The van der Waals surface area contributed by atoms with E-state index in [4.69, 9.17) is 9.88 Å². The molecule has 1 fully saturated rings. The Morgan fingerprint density at radius 2 is 1.70 bits per heavy atom. The van der Waals surface area contributed by atoms with E-state index in [1.54, 1.807) is 30.5 Å². The molecule has 0 unspecified atom stereocenters. The largest absolute Gasteiger partial charge is 0.492 e. The van der Waals surface area contributed by atoms with Gasteiger partial charge in [-0.1, -0.05) is 12.1 Å². The molecule has 33 heavy (non-hydrogen) atoms. The summed E-state index contributed by atoms with van der Waals surface area (Å²) in [6, 6.07) is 13.1. The second-order valence-electron chi connectivity index (χ2n) is 7.95. The number of hydrogen-bond donors (Lipinski definition) is 1. The number of primary sulfonamides is 1. The molecular formula is C22H26N4O5S2. The van der Waals surface area contributed by atoms with Crippen molar-refractivity contribution >= 4 is 30.9 Å². The van der Waals surface area contributed by atoms with Gasteiger partial charge in [-0.15, -0.1) is 0 Å². The van der Waals surface area contributed by atoms with Gasteiger partial charge in [0, 0.05) is 44.3 Å². The van der Waals surface area contributed by atoms with Gasteiger partial charge >= 0.3 is 0 Å². The summed E-state index contributed by atoms with van der Waals surface area (Å²) < 4.78 is 56.4. The van der Waals surface area contributed by atoms with E-state index in [2.05, 4.69) is 9.88 Å². The van der Waals surface area contributed by atoms with Crippen LogP contribution in [0, 0.1) is 6.92 Å². The summed E-state index contributed by atoms with van der Waals surface area (Å²) in [7, 11) is -7.38. The fourth-order valence-corrected chi connectivity index (χ4v) is 5.90. The molecule has 2 heterocycles. The first kappa shape index (κ1) is 23.6. The normalized spacial score (nSPS) is 16.2. The predicted octanol–water partition coefficient (Wildman–Crippen LogP) is 1.58. The van der Waals surface area contributed by atoms with Gasteiger partial charge in [-0.3, -0.25) is 9.88 Å².